The molecule has 3 aromatic carbocycles. The first-order chi connectivity index (χ1) is 16.4. The smallest absolute Gasteiger partial charge is 0.336 e. The molecule has 0 fully saturated rings. The predicted molar refractivity (Wildman–Crippen MR) is 127 cm³/mol. The molecule has 168 valence electrons. The molecule has 5 rings (SSSR count). The molecule has 4 aromatic rings. The highest BCUT2D eigenvalue weighted by Crippen LogP contribution is 2.27. The lowest BCUT2D eigenvalue weighted by Gasteiger charge is -2.25. The standard InChI is InChI=1S/C27H20N2O5/c1-16-13-24(30)34-23-15-18(11-12-19(16)23)28-25(31)22(14-17-7-3-2-4-8-17)29-26(32)20-9-5-6-10-21(20)27(29)33/h2-13,15,22H,14H2,1H3,(H,28,31). The number of aryl methyl sites for hydroxylation is 1. The molecular formula is C27H20N2O5. The van der Waals surface area contributed by atoms with Crippen LogP contribution in [0, 0.1) is 6.92 Å². The highest BCUT2D eigenvalue weighted by atomic mass is 16.4. The summed E-state index contributed by atoms with van der Waals surface area (Å²) in [5.74, 6) is -1.53. The highest BCUT2D eigenvalue weighted by Gasteiger charge is 2.42. The molecule has 2 heterocycles. The van der Waals surface area contributed by atoms with E-state index >= 15 is 0 Å². The molecule has 7 heteroatoms. The van der Waals surface area contributed by atoms with Crippen LogP contribution in [0.1, 0.15) is 31.8 Å². The molecule has 1 aromatic heterocycles. The van der Waals surface area contributed by atoms with E-state index in [2.05, 4.69) is 5.32 Å². The Morgan fingerprint density at radius 3 is 2.21 bits per heavy atom. The van der Waals surface area contributed by atoms with Crippen molar-refractivity contribution in [2.24, 2.45) is 0 Å². The Morgan fingerprint density at radius 1 is 0.882 bits per heavy atom. The molecule has 3 amide bonds. The summed E-state index contributed by atoms with van der Waals surface area (Å²) in [7, 11) is 0. The Labute approximate surface area is 194 Å². The third-order valence-corrected chi connectivity index (χ3v) is 5.93. The molecule has 0 spiro atoms. The summed E-state index contributed by atoms with van der Waals surface area (Å²) >= 11 is 0. The third-order valence-electron chi connectivity index (χ3n) is 5.93. The van der Waals surface area contributed by atoms with Gasteiger partial charge in [-0.05, 0) is 42.3 Å². The van der Waals surface area contributed by atoms with Crippen LogP contribution in [0.15, 0.2) is 88.1 Å². The molecule has 1 aliphatic heterocycles. The van der Waals surface area contributed by atoms with Crippen LogP contribution in [0.3, 0.4) is 0 Å². The number of nitrogens with zero attached hydrogens (tertiary/aromatic N) is 1. The molecule has 0 radical (unpaired) electrons. The minimum Gasteiger partial charge on any atom is -0.423 e. The topological polar surface area (TPSA) is 96.7 Å². The van der Waals surface area contributed by atoms with Crippen molar-refractivity contribution >= 4 is 34.4 Å². The van der Waals surface area contributed by atoms with Gasteiger partial charge in [0.1, 0.15) is 11.6 Å². The second-order valence-corrected chi connectivity index (χ2v) is 8.18. The predicted octanol–water partition coefficient (Wildman–Crippen LogP) is 3.95. The number of rotatable bonds is 5. The summed E-state index contributed by atoms with van der Waals surface area (Å²) in [6, 6.07) is 21.1. The molecule has 1 unspecified atom stereocenters. The molecule has 0 aliphatic carbocycles. The Morgan fingerprint density at radius 2 is 1.53 bits per heavy atom. The first-order valence-corrected chi connectivity index (χ1v) is 10.8. The SMILES string of the molecule is Cc1cc(=O)oc2cc(NC(=O)C(Cc3ccccc3)N3C(=O)c4ccccc4C3=O)ccc12. The van der Waals surface area contributed by atoms with Crippen molar-refractivity contribution in [3.8, 4) is 0 Å². The van der Waals surface area contributed by atoms with Gasteiger partial charge >= 0.3 is 5.63 Å². The first-order valence-electron chi connectivity index (χ1n) is 10.8. The number of hydrogen-bond acceptors (Lipinski definition) is 5. The fourth-order valence-corrected chi connectivity index (χ4v) is 4.26. The zero-order valence-corrected chi connectivity index (χ0v) is 18.3. The number of carbonyl (C=O) groups is 3. The first kappa shape index (κ1) is 21.3. The molecule has 0 saturated heterocycles. The second kappa shape index (κ2) is 8.44. The lowest BCUT2D eigenvalue weighted by Crippen LogP contribution is -2.48. The third kappa shape index (κ3) is 3.77. The summed E-state index contributed by atoms with van der Waals surface area (Å²) in [6.07, 6.45) is 0.153. The maximum Gasteiger partial charge on any atom is 0.336 e. The summed E-state index contributed by atoms with van der Waals surface area (Å²) in [6.45, 7) is 1.80. The van der Waals surface area contributed by atoms with Crippen molar-refractivity contribution in [3.05, 3.63) is 112 Å². The molecule has 1 aliphatic rings. The number of nitrogens with one attached hydrogen (secondary N) is 1. The van der Waals surface area contributed by atoms with Gasteiger partial charge in [-0.25, -0.2) is 4.79 Å². The Kier molecular flexibility index (Phi) is 5.30. The summed E-state index contributed by atoms with van der Waals surface area (Å²) in [5, 5.41) is 3.54. The van der Waals surface area contributed by atoms with Gasteiger partial charge in [0.2, 0.25) is 5.91 Å². The Hall–Kier alpha value is -4.52. The lowest BCUT2D eigenvalue weighted by atomic mass is 10.0. The molecule has 7 nitrogen and oxygen atoms in total. The average Bonchev–Trinajstić information content (AvgIpc) is 3.08. The van der Waals surface area contributed by atoms with Crippen LogP contribution >= 0.6 is 0 Å². The largest absolute Gasteiger partial charge is 0.423 e. The number of benzene rings is 3. The zero-order valence-electron chi connectivity index (χ0n) is 18.3. The van der Waals surface area contributed by atoms with E-state index < -0.39 is 29.4 Å². The molecule has 0 bridgehead atoms. The minimum absolute atomic E-state index is 0.153. The fourth-order valence-electron chi connectivity index (χ4n) is 4.26. The van der Waals surface area contributed by atoms with E-state index in [9.17, 15) is 19.2 Å². The van der Waals surface area contributed by atoms with Crippen LogP contribution in [0.5, 0.6) is 0 Å². The van der Waals surface area contributed by atoms with Gasteiger partial charge in [0, 0.05) is 29.6 Å². The van der Waals surface area contributed by atoms with Gasteiger partial charge < -0.3 is 9.73 Å². The van der Waals surface area contributed by atoms with Crippen molar-refractivity contribution in [1.82, 2.24) is 4.90 Å². The molecule has 1 atom stereocenters. The maximum absolute atomic E-state index is 13.5. The average molecular weight is 452 g/mol. The Balaban J connectivity index is 1.50. The number of fused-ring (bicyclic) bond motifs is 2. The summed E-state index contributed by atoms with van der Waals surface area (Å²) in [5.41, 5.74) is 2.37. The van der Waals surface area contributed by atoms with Crippen LogP contribution < -0.4 is 10.9 Å². The van der Waals surface area contributed by atoms with Gasteiger partial charge in [0.15, 0.2) is 0 Å². The van der Waals surface area contributed by atoms with E-state index in [0.717, 1.165) is 21.4 Å². The van der Waals surface area contributed by atoms with Crippen LogP contribution in [-0.2, 0) is 11.2 Å². The number of anilines is 1. The quantitative estimate of drug-likeness (QED) is 0.365. The summed E-state index contributed by atoms with van der Waals surface area (Å²) < 4.78 is 5.27. The van der Waals surface area contributed by atoms with Gasteiger partial charge in [0.25, 0.3) is 11.8 Å². The molecule has 1 N–H and O–H groups in total. The van der Waals surface area contributed by atoms with E-state index in [1.165, 1.54) is 6.07 Å². The van der Waals surface area contributed by atoms with Gasteiger partial charge in [-0.2, -0.15) is 0 Å². The zero-order chi connectivity index (χ0) is 23.8. The Bertz CT molecular complexity index is 1470. The molecule has 0 saturated carbocycles. The van der Waals surface area contributed by atoms with Gasteiger partial charge in [-0.15, -0.1) is 0 Å². The van der Waals surface area contributed by atoms with Crippen molar-refractivity contribution < 1.29 is 18.8 Å². The molecular weight excluding hydrogens is 432 g/mol. The lowest BCUT2D eigenvalue weighted by molar-refractivity contribution is -0.119. The van der Waals surface area contributed by atoms with Crippen LogP contribution in [0.25, 0.3) is 11.0 Å². The number of amides is 3. The van der Waals surface area contributed by atoms with Crippen LogP contribution in [0.4, 0.5) is 5.69 Å². The van der Waals surface area contributed by atoms with Crippen molar-refractivity contribution in [1.29, 1.82) is 0 Å². The van der Waals surface area contributed by atoms with E-state index in [4.69, 9.17) is 4.42 Å². The van der Waals surface area contributed by atoms with Crippen LogP contribution in [-0.4, -0.2) is 28.7 Å². The summed E-state index contributed by atoms with van der Waals surface area (Å²) in [4.78, 5) is 52.5. The van der Waals surface area contributed by atoms with Gasteiger partial charge in [-0.1, -0.05) is 42.5 Å². The van der Waals surface area contributed by atoms with Crippen molar-refractivity contribution in [3.63, 3.8) is 0 Å². The number of imide groups is 1. The molecule has 34 heavy (non-hydrogen) atoms. The monoisotopic (exact) mass is 452 g/mol. The van der Waals surface area contributed by atoms with E-state index in [0.29, 0.717) is 11.3 Å². The second-order valence-electron chi connectivity index (χ2n) is 8.18. The number of carbonyl (C=O) groups excluding carboxylic acids is 3. The van der Waals surface area contributed by atoms with Crippen LogP contribution in [0.2, 0.25) is 0 Å². The minimum atomic E-state index is -1.07. The normalized spacial score (nSPS) is 13.7. The van der Waals surface area contributed by atoms with Crippen molar-refractivity contribution in [2.45, 2.75) is 19.4 Å². The van der Waals surface area contributed by atoms with E-state index in [-0.39, 0.29) is 17.5 Å². The van der Waals surface area contributed by atoms with Gasteiger partial charge in [-0.3, -0.25) is 19.3 Å². The maximum atomic E-state index is 13.5. The van der Waals surface area contributed by atoms with Gasteiger partial charge in [0.05, 0.1) is 11.1 Å². The van der Waals surface area contributed by atoms with Crippen molar-refractivity contribution in [2.75, 3.05) is 5.32 Å². The van der Waals surface area contributed by atoms with E-state index in [1.54, 1.807) is 49.4 Å². The fraction of sp³-hybridized carbons (Fsp3) is 0.111. The number of hydrogen-bond donors (Lipinski definition) is 1. The highest BCUT2D eigenvalue weighted by molar-refractivity contribution is 6.23. The van der Waals surface area contributed by atoms with E-state index in [1.807, 2.05) is 30.3 Å².